The average Bonchev–Trinajstić information content (AvgIpc) is 3.85. The molecule has 3 aliphatic carbocycles. The standard InChI is InChI=1S/C31H44N4O8S/c1-30(13-14-30)44(40,41)34-28(38)31(19-22(31)10-7-5-6-8-15-35(2)3)33-27(37)26-18-25(16-21(26)20-36)43-29(39)32-23-11-9-12-24(17-23)42-4/h7,9-12,17,20-22,25-26H,5-6,8,13-16,18-19H2,1-4H3,(H,32,39)(H,33,37)(H,34,38)/b10-7-/t21-,22+,25-,26+,31+/m0/s1. The minimum absolute atomic E-state index is 0.0845. The summed E-state index contributed by atoms with van der Waals surface area (Å²) >= 11 is 0. The lowest BCUT2D eigenvalue weighted by molar-refractivity contribution is -0.133. The molecular weight excluding hydrogens is 588 g/mol. The zero-order chi connectivity index (χ0) is 32.1. The van der Waals surface area contributed by atoms with Crippen LogP contribution in [0.3, 0.4) is 0 Å². The number of allylic oxidation sites excluding steroid dienone is 1. The van der Waals surface area contributed by atoms with Gasteiger partial charge in [-0.15, -0.1) is 0 Å². The second kappa shape index (κ2) is 13.7. The van der Waals surface area contributed by atoms with Crippen LogP contribution >= 0.6 is 0 Å². The minimum atomic E-state index is -3.92. The van der Waals surface area contributed by atoms with Crippen molar-refractivity contribution < 1.29 is 37.1 Å². The molecule has 1 aromatic carbocycles. The first-order valence-electron chi connectivity index (χ1n) is 15.1. The van der Waals surface area contributed by atoms with E-state index in [-0.39, 0.29) is 25.2 Å². The quantitative estimate of drug-likeness (QED) is 0.150. The van der Waals surface area contributed by atoms with E-state index >= 15 is 0 Å². The summed E-state index contributed by atoms with van der Waals surface area (Å²) in [5.41, 5.74) is -0.979. The fourth-order valence-corrected chi connectivity index (χ4v) is 6.91. The van der Waals surface area contributed by atoms with Crippen molar-refractivity contribution in [3.8, 4) is 5.75 Å². The maximum atomic E-state index is 13.6. The minimum Gasteiger partial charge on any atom is -0.497 e. The summed E-state index contributed by atoms with van der Waals surface area (Å²) in [6, 6.07) is 6.73. The smallest absolute Gasteiger partial charge is 0.411 e. The molecule has 0 spiro atoms. The maximum Gasteiger partial charge on any atom is 0.411 e. The van der Waals surface area contributed by atoms with Crippen LogP contribution in [-0.4, -0.2) is 81.7 Å². The number of nitrogens with one attached hydrogen (secondary N) is 3. The molecular formula is C31H44N4O8S. The highest BCUT2D eigenvalue weighted by atomic mass is 32.2. The molecule has 0 unspecified atom stereocenters. The summed E-state index contributed by atoms with van der Waals surface area (Å²) in [6.07, 6.45) is 7.20. The van der Waals surface area contributed by atoms with Crippen LogP contribution in [0.5, 0.6) is 5.75 Å². The zero-order valence-electron chi connectivity index (χ0n) is 25.8. The van der Waals surface area contributed by atoms with Gasteiger partial charge in [-0.25, -0.2) is 13.2 Å². The molecule has 3 aliphatic rings. The monoisotopic (exact) mass is 632 g/mol. The van der Waals surface area contributed by atoms with Crippen molar-refractivity contribution in [2.75, 3.05) is 33.1 Å². The number of hydrogen-bond acceptors (Lipinski definition) is 9. The summed E-state index contributed by atoms with van der Waals surface area (Å²) in [6.45, 7) is 2.55. The van der Waals surface area contributed by atoms with Crippen LogP contribution in [0.4, 0.5) is 10.5 Å². The van der Waals surface area contributed by atoms with Gasteiger partial charge < -0.3 is 24.5 Å². The predicted octanol–water partition coefficient (Wildman–Crippen LogP) is 3.00. The Hall–Kier alpha value is -3.45. The number of anilines is 1. The molecule has 1 aromatic rings. The fraction of sp³-hybridized carbons (Fsp3) is 0.613. The number of methoxy groups -OCH3 is 1. The Labute approximate surface area is 259 Å². The van der Waals surface area contributed by atoms with Crippen molar-refractivity contribution in [2.45, 2.75) is 74.7 Å². The highest BCUT2D eigenvalue weighted by Gasteiger charge is 2.63. The van der Waals surface area contributed by atoms with Gasteiger partial charge in [0.1, 0.15) is 23.7 Å². The van der Waals surface area contributed by atoms with Gasteiger partial charge in [-0.2, -0.15) is 0 Å². The lowest BCUT2D eigenvalue weighted by Gasteiger charge is -2.23. The molecule has 12 nitrogen and oxygen atoms in total. The Kier molecular flexibility index (Phi) is 10.4. The number of unbranched alkanes of at least 4 members (excludes halogenated alkanes) is 2. The second-order valence-corrected chi connectivity index (χ2v) is 14.8. The van der Waals surface area contributed by atoms with Crippen LogP contribution in [0.2, 0.25) is 0 Å². The molecule has 5 atom stereocenters. The average molecular weight is 633 g/mol. The van der Waals surface area contributed by atoms with Crippen molar-refractivity contribution in [3.05, 3.63) is 36.4 Å². The number of hydrogen-bond donors (Lipinski definition) is 3. The first-order valence-corrected chi connectivity index (χ1v) is 16.6. The van der Waals surface area contributed by atoms with E-state index in [9.17, 15) is 27.6 Å². The summed E-state index contributed by atoms with van der Waals surface area (Å²) in [4.78, 5) is 53.6. The molecule has 0 aliphatic heterocycles. The summed E-state index contributed by atoms with van der Waals surface area (Å²) < 4.78 is 37.7. The molecule has 3 saturated carbocycles. The summed E-state index contributed by atoms with van der Waals surface area (Å²) in [5.74, 6) is -2.74. The molecule has 0 aromatic heterocycles. The molecule has 44 heavy (non-hydrogen) atoms. The largest absolute Gasteiger partial charge is 0.497 e. The molecule has 3 fully saturated rings. The summed E-state index contributed by atoms with van der Waals surface area (Å²) in [7, 11) is 1.61. The lowest BCUT2D eigenvalue weighted by Crippen LogP contribution is -2.54. The Morgan fingerprint density at radius 3 is 2.55 bits per heavy atom. The maximum absolute atomic E-state index is 13.6. The van der Waals surface area contributed by atoms with Crippen LogP contribution < -0.4 is 20.1 Å². The highest BCUT2D eigenvalue weighted by molar-refractivity contribution is 7.91. The number of carbonyl (C=O) groups excluding carboxylic acids is 4. The second-order valence-electron chi connectivity index (χ2n) is 12.6. The van der Waals surface area contributed by atoms with Gasteiger partial charge in [0, 0.05) is 23.6 Å². The van der Waals surface area contributed by atoms with Gasteiger partial charge in [0.05, 0.1) is 17.8 Å². The van der Waals surface area contributed by atoms with Gasteiger partial charge in [-0.05, 0) is 91.1 Å². The van der Waals surface area contributed by atoms with E-state index in [4.69, 9.17) is 9.47 Å². The summed E-state index contributed by atoms with van der Waals surface area (Å²) in [5, 5.41) is 5.43. The van der Waals surface area contributed by atoms with E-state index in [1.165, 1.54) is 7.11 Å². The zero-order valence-corrected chi connectivity index (χ0v) is 26.7. The molecule has 3 amide bonds. The van der Waals surface area contributed by atoms with Crippen LogP contribution in [0.25, 0.3) is 0 Å². The van der Waals surface area contributed by atoms with E-state index in [1.807, 2.05) is 26.2 Å². The van der Waals surface area contributed by atoms with E-state index in [0.29, 0.717) is 30.6 Å². The molecule has 0 radical (unpaired) electrons. The van der Waals surface area contributed by atoms with Gasteiger partial charge in [-0.1, -0.05) is 18.2 Å². The third kappa shape index (κ3) is 7.98. The van der Waals surface area contributed by atoms with Crippen molar-refractivity contribution in [1.29, 1.82) is 0 Å². The molecule has 3 N–H and O–H groups in total. The van der Waals surface area contributed by atoms with E-state index in [0.717, 1.165) is 25.8 Å². The number of rotatable bonds is 15. The van der Waals surface area contributed by atoms with Crippen molar-refractivity contribution in [3.63, 3.8) is 0 Å². The third-order valence-electron chi connectivity index (χ3n) is 8.86. The number of sulfonamides is 1. The van der Waals surface area contributed by atoms with Crippen molar-refractivity contribution in [1.82, 2.24) is 14.9 Å². The van der Waals surface area contributed by atoms with Gasteiger partial charge in [0.15, 0.2) is 0 Å². The normalized spacial score (nSPS) is 27.0. The number of nitrogens with zero attached hydrogens (tertiary/aromatic N) is 1. The molecule has 0 saturated heterocycles. The molecule has 0 heterocycles. The molecule has 4 rings (SSSR count). The van der Waals surface area contributed by atoms with E-state index < -0.39 is 56.2 Å². The van der Waals surface area contributed by atoms with Crippen LogP contribution in [0.15, 0.2) is 36.4 Å². The number of benzene rings is 1. The first-order chi connectivity index (χ1) is 20.8. The van der Waals surface area contributed by atoms with Crippen LogP contribution in [-0.2, 0) is 29.1 Å². The van der Waals surface area contributed by atoms with E-state index in [1.54, 1.807) is 31.2 Å². The van der Waals surface area contributed by atoms with Crippen LogP contribution in [0.1, 0.15) is 58.3 Å². The third-order valence-corrected chi connectivity index (χ3v) is 11.0. The Bertz CT molecular complexity index is 1380. The van der Waals surface area contributed by atoms with Gasteiger partial charge in [0.25, 0.3) is 5.91 Å². The predicted molar refractivity (Wildman–Crippen MR) is 164 cm³/mol. The Balaban J connectivity index is 1.40. The number of carbonyl (C=O) groups is 4. The van der Waals surface area contributed by atoms with Crippen molar-refractivity contribution in [2.24, 2.45) is 17.8 Å². The topological polar surface area (TPSA) is 160 Å². The Morgan fingerprint density at radius 1 is 1.14 bits per heavy atom. The first kappa shape index (κ1) is 33.4. The van der Waals surface area contributed by atoms with Gasteiger partial charge in [-0.3, -0.25) is 19.6 Å². The fourth-order valence-electron chi connectivity index (χ4n) is 5.60. The number of amides is 3. The number of ether oxygens (including phenoxy) is 2. The van der Waals surface area contributed by atoms with Gasteiger partial charge >= 0.3 is 6.09 Å². The van der Waals surface area contributed by atoms with Crippen molar-refractivity contribution >= 4 is 39.9 Å². The Morgan fingerprint density at radius 2 is 1.89 bits per heavy atom. The SMILES string of the molecule is COc1cccc(NC(=O)O[C@H]2C[C@@H](C=O)[C@H](C(=O)N[C@]3(C(=O)NS(=O)(=O)C4(C)CC4)C[C@H]3/C=C\CCCCN(C)C)C2)c1. The lowest BCUT2D eigenvalue weighted by atomic mass is 9.96. The molecule has 242 valence electrons. The van der Waals surface area contributed by atoms with Crippen LogP contribution in [0, 0.1) is 17.8 Å². The number of aldehydes is 1. The van der Waals surface area contributed by atoms with Gasteiger partial charge in [0.2, 0.25) is 15.9 Å². The highest BCUT2D eigenvalue weighted by Crippen LogP contribution is 2.48. The molecule has 0 bridgehead atoms. The van der Waals surface area contributed by atoms with E-state index in [2.05, 4.69) is 20.3 Å². The molecule has 13 heteroatoms.